The van der Waals surface area contributed by atoms with E-state index in [2.05, 4.69) is 20.6 Å². The fourth-order valence-corrected chi connectivity index (χ4v) is 3.09. The van der Waals surface area contributed by atoms with E-state index in [1.165, 1.54) is 24.4 Å². The first-order chi connectivity index (χ1) is 15.8. The molecule has 0 spiro atoms. The van der Waals surface area contributed by atoms with Crippen molar-refractivity contribution in [3.63, 3.8) is 0 Å². The highest BCUT2D eigenvalue weighted by Gasteiger charge is 2.29. The van der Waals surface area contributed by atoms with E-state index >= 15 is 0 Å². The van der Waals surface area contributed by atoms with Gasteiger partial charge in [0.25, 0.3) is 5.91 Å². The lowest BCUT2D eigenvalue weighted by Crippen LogP contribution is -2.40. The van der Waals surface area contributed by atoms with Crippen LogP contribution in [0.3, 0.4) is 0 Å². The SMILES string of the molecule is COCCNc1nc(Nc2ccc(C(=O)N3CCOCC3)cc2OCC(F)(F)F)ncc1Cl. The summed E-state index contributed by atoms with van der Waals surface area (Å²) in [5.74, 6) is -0.0977. The van der Waals surface area contributed by atoms with Gasteiger partial charge in [-0.05, 0) is 18.2 Å². The Labute approximate surface area is 193 Å². The van der Waals surface area contributed by atoms with Gasteiger partial charge in [-0.25, -0.2) is 4.98 Å². The van der Waals surface area contributed by atoms with Gasteiger partial charge in [0.15, 0.2) is 12.4 Å². The van der Waals surface area contributed by atoms with Crippen LogP contribution in [0.15, 0.2) is 24.4 Å². The molecule has 1 aliphatic rings. The van der Waals surface area contributed by atoms with E-state index in [-0.39, 0.29) is 33.9 Å². The van der Waals surface area contributed by atoms with Crippen molar-refractivity contribution in [2.24, 2.45) is 0 Å². The highest BCUT2D eigenvalue weighted by Crippen LogP contribution is 2.31. The van der Waals surface area contributed by atoms with Gasteiger partial charge in [-0.2, -0.15) is 18.2 Å². The van der Waals surface area contributed by atoms with Gasteiger partial charge in [-0.1, -0.05) is 11.6 Å². The lowest BCUT2D eigenvalue weighted by atomic mass is 10.1. The third kappa shape index (κ3) is 7.34. The minimum Gasteiger partial charge on any atom is -0.482 e. The zero-order chi connectivity index (χ0) is 23.8. The molecule has 1 amide bonds. The number of anilines is 3. The maximum Gasteiger partial charge on any atom is 0.422 e. The number of ether oxygens (including phenoxy) is 3. The molecule has 2 heterocycles. The Kier molecular flexibility index (Phi) is 8.53. The number of aromatic nitrogens is 2. The van der Waals surface area contributed by atoms with Crippen LogP contribution in [0.2, 0.25) is 5.02 Å². The molecule has 180 valence electrons. The summed E-state index contributed by atoms with van der Waals surface area (Å²) in [7, 11) is 1.55. The number of carbonyl (C=O) groups is 1. The standard InChI is InChI=1S/C20H23ClF3N5O4/c1-31-7-4-25-17-14(21)11-26-19(28-17)27-15-3-2-13(10-16(15)33-12-20(22,23)24)18(30)29-5-8-32-9-6-29/h2-3,10-11H,4-9,12H2,1H3,(H2,25,26,27,28). The quantitative estimate of drug-likeness (QED) is 0.518. The van der Waals surface area contributed by atoms with Crippen molar-refractivity contribution in [3.05, 3.63) is 35.0 Å². The molecule has 2 aromatic rings. The third-order valence-electron chi connectivity index (χ3n) is 4.51. The molecule has 0 atom stereocenters. The Bertz CT molecular complexity index is 958. The van der Waals surface area contributed by atoms with E-state index < -0.39 is 12.8 Å². The number of benzene rings is 1. The maximum absolute atomic E-state index is 12.8. The number of morpholine rings is 1. The highest BCUT2D eigenvalue weighted by atomic mass is 35.5. The number of nitrogens with zero attached hydrogens (tertiary/aromatic N) is 3. The van der Waals surface area contributed by atoms with Gasteiger partial charge in [0, 0.05) is 32.3 Å². The second kappa shape index (κ2) is 11.3. The summed E-state index contributed by atoms with van der Waals surface area (Å²) in [6.45, 7) is 0.920. The van der Waals surface area contributed by atoms with Gasteiger partial charge >= 0.3 is 6.18 Å². The molecule has 9 nitrogen and oxygen atoms in total. The minimum absolute atomic E-state index is 0.0726. The molecule has 0 saturated carbocycles. The van der Waals surface area contributed by atoms with Crippen LogP contribution in [-0.2, 0) is 9.47 Å². The van der Waals surface area contributed by atoms with E-state index in [4.69, 9.17) is 25.8 Å². The Morgan fingerprint density at radius 2 is 2.06 bits per heavy atom. The Hall–Kier alpha value is -2.83. The molecule has 1 fully saturated rings. The van der Waals surface area contributed by atoms with Crippen LogP contribution < -0.4 is 15.4 Å². The summed E-state index contributed by atoms with van der Waals surface area (Å²) >= 11 is 6.08. The number of amides is 1. The van der Waals surface area contributed by atoms with Crippen molar-refractivity contribution in [1.82, 2.24) is 14.9 Å². The molecular weight excluding hydrogens is 467 g/mol. The van der Waals surface area contributed by atoms with Crippen molar-refractivity contribution < 1.29 is 32.2 Å². The van der Waals surface area contributed by atoms with Crippen LogP contribution in [0.4, 0.5) is 30.6 Å². The summed E-state index contributed by atoms with van der Waals surface area (Å²) in [4.78, 5) is 22.6. The van der Waals surface area contributed by atoms with Crippen molar-refractivity contribution in [1.29, 1.82) is 0 Å². The average molecular weight is 490 g/mol. The Balaban J connectivity index is 1.83. The topological polar surface area (TPSA) is 97.8 Å². The summed E-state index contributed by atoms with van der Waals surface area (Å²) in [6, 6.07) is 4.20. The molecule has 1 aromatic heterocycles. The number of carbonyl (C=O) groups excluding carboxylic acids is 1. The number of hydrogen-bond acceptors (Lipinski definition) is 8. The smallest absolute Gasteiger partial charge is 0.422 e. The Morgan fingerprint density at radius 3 is 2.76 bits per heavy atom. The number of alkyl halides is 3. The molecular formula is C20H23ClF3N5O4. The number of rotatable bonds is 9. The molecule has 2 N–H and O–H groups in total. The zero-order valence-electron chi connectivity index (χ0n) is 17.7. The molecule has 1 aromatic carbocycles. The van der Waals surface area contributed by atoms with Crippen LogP contribution >= 0.6 is 11.6 Å². The summed E-state index contributed by atoms with van der Waals surface area (Å²) < 4.78 is 53.6. The lowest BCUT2D eigenvalue weighted by molar-refractivity contribution is -0.153. The van der Waals surface area contributed by atoms with Crippen LogP contribution in [0.5, 0.6) is 5.75 Å². The molecule has 1 saturated heterocycles. The molecule has 13 heteroatoms. The molecule has 0 aliphatic carbocycles. The zero-order valence-corrected chi connectivity index (χ0v) is 18.5. The average Bonchev–Trinajstić information content (AvgIpc) is 2.80. The molecule has 1 aliphatic heterocycles. The van der Waals surface area contributed by atoms with E-state index in [1.807, 2.05) is 0 Å². The maximum atomic E-state index is 12.8. The second-order valence-electron chi connectivity index (χ2n) is 6.95. The van der Waals surface area contributed by atoms with Crippen LogP contribution in [0.1, 0.15) is 10.4 Å². The van der Waals surface area contributed by atoms with Gasteiger partial charge in [-0.3, -0.25) is 4.79 Å². The first-order valence-electron chi connectivity index (χ1n) is 10.00. The molecule has 33 heavy (non-hydrogen) atoms. The molecule has 0 radical (unpaired) electrons. The van der Waals surface area contributed by atoms with Gasteiger partial charge in [0.05, 0.1) is 31.7 Å². The van der Waals surface area contributed by atoms with Crippen molar-refractivity contribution in [3.8, 4) is 5.75 Å². The van der Waals surface area contributed by atoms with Gasteiger partial charge in [0.1, 0.15) is 10.8 Å². The van der Waals surface area contributed by atoms with Crippen molar-refractivity contribution in [2.75, 3.05) is 63.8 Å². The van der Waals surface area contributed by atoms with E-state index in [0.29, 0.717) is 45.3 Å². The summed E-state index contributed by atoms with van der Waals surface area (Å²) in [6.07, 6.45) is -3.21. The van der Waals surface area contributed by atoms with E-state index in [1.54, 1.807) is 12.0 Å². The predicted octanol–water partition coefficient (Wildman–Crippen LogP) is 3.35. The molecule has 0 bridgehead atoms. The number of halogens is 4. The first kappa shape index (κ1) is 24.8. The number of nitrogens with one attached hydrogen (secondary N) is 2. The first-order valence-corrected chi connectivity index (χ1v) is 10.4. The number of hydrogen-bond donors (Lipinski definition) is 2. The van der Waals surface area contributed by atoms with Crippen molar-refractivity contribution >= 4 is 35.0 Å². The van der Waals surface area contributed by atoms with Crippen LogP contribution in [0.25, 0.3) is 0 Å². The molecule has 0 unspecified atom stereocenters. The monoisotopic (exact) mass is 489 g/mol. The minimum atomic E-state index is -4.56. The predicted molar refractivity (Wildman–Crippen MR) is 115 cm³/mol. The van der Waals surface area contributed by atoms with Crippen LogP contribution in [0, 0.1) is 0 Å². The van der Waals surface area contributed by atoms with E-state index in [0.717, 1.165) is 0 Å². The number of methoxy groups -OCH3 is 1. The Morgan fingerprint density at radius 1 is 1.30 bits per heavy atom. The van der Waals surface area contributed by atoms with Crippen molar-refractivity contribution in [2.45, 2.75) is 6.18 Å². The van der Waals surface area contributed by atoms with Crippen LogP contribution in [-0.4, -0.2) is 80.1 Å². The summed E-state index contributed by atoms with van der Waals surface area (Å²) in [5, 5.41) is 6.06. The fourth-order valence-electron chi connectivity index (χ4n) is 2.93. The third-order valence-corrected chi connectivity index (χ3v) is 4.78. The fraction of sp³-hybridized carbons (Fsp3) is 0.450. The van der Waals surface area contributed by atoms with E-state index in [9.17, 15) is 18.0 Å². The van der Waals surface area contributed by atoms with Gasteiger partial charge in [-0.15, -0.1) is 0 Å². The highest BCUT2D eigenvalue weighted by molar-refractivity contribution is 6.32. The largest absolute Gasteiger partial charge is 0.482 e. The van der Waals surface area contributed by atoms with Gasteiger partial charge < -0.3 is 29.7 Å². The molecule has 3 rings (SSSR count). The normalized spacial score (nSPS) is 14.2. The lowest BCUT2D eigenvalue weighted by Gasteiger charge is -2.27. The summed E-state index contributed by atoms with van der Waals surface area (Å²) in [5.41, 5.74) is 0.349. The van der Waals surface area contributed by atoms with Gasteiger partial charge in [0.2, 0.25) is 5.95 Å². The second-order valence-corrected chi connectivity index (χ2v) is 7.36.